The first kappa shape index (κ1) is 21.9. The molecular formula is C24H36N4O3. The third kappa shape index (κ3) is 5.32. The van der Waals surface area contributed by atoms with Crippen molar-refractivity contribution >= 4 is 17.7 Å². The third-order valence-corrected chi connectivity index (χ3v) is 6.68. The zero-order valence-electron chi connectivity index (χ0n) is 19.0. The number of hydrogen-bond donors (Lipinski definition) is 2. The standard InChI is InChI=1S/C24H36N4O3/c1-17(2)25-23(30)28(20-7-8-20)21-9-14-31-24(16-21)10-12-27(13-11-24)22(29)26-19-6-4-5-18(3)15-19/h4-6,15,17,20-21H,7-14,16H2,1-3H3,(H,25,30)(H,26,29). The second-order valence-corrected chi connectivity index (χ2v) is 9.71. The molecule has 0 bridgehead atoms. The summed E-state index contributed by atoms with van der Waals surface area (Å²) in [6.07, 6.45) is 5.58. The SMILES string of the molecule is Cc1cccc(NC(=O)N2CCC3(CC2)CC(N(C(=O)NC(C)C)C2CC2)CCO3)c1. The molecule has 7 heteroatoms. The number of amides is 4. The molecule has 1 aromatic rings. The van der Waals surface area contributed by atoms with E-state index in [1.165, 1.54) is 0 Å². The fourth-order valence-corrected chi connectivity index (χ4v) is 4.93. The van der Waals surface area contributed by atoms with E-state index in [1.54, 1.807) is 0 Å². The Bertz CT molecular complexity index is 800. The number of nitrogens with zero attached hydrogens (tertiary/aromatic N) is 2. The third-order valence-electron chi connectivity index (χ3n) is 6.68. The van der Waals surface area contributed by atoms with Crippen molar-refractivity contribution in [1.29, 1.82) is 0 Å². The summed E-state index contributed by atoms with van der Waals surface area (Å²) >= 11 is 0. The van der Waals surface area contributed by atoms with Gasteiger partial charge in [0, 0.05) is 43.5 Å². The number of carbonyl (C=O) groups excluding carboxylic acids is 2. The van der Waals surface area contributed by atoms with E-state index in [9.17, 15) is 9.59 Å². The zero-order valence-corrected chi connectivity index (χ0v) is 19.0. The van der Waals surface area contributed by atoms with Crippen LogP contribution in [0.1, 0.15) is 57.9 Å². The predicted octanol–water partition coefficient (Wildman–Crippen LogP) is 4.12. The smallest absolute Gasteiger partial charge is 0.321 e. The highest BCUT2D eigenvalue weighted by molar-refractivity contribution is 5.89. The summed E-state index contributed by atoms with van der Waals surface area (Å²) in [5, 5.41) is 6.10. The molecule has 1 saturated carbocycles. The Morgan fingerprint density at radius 2 is 1.90 bits per heavy atom. The van der Waals surface area contributed by atoms with Gasteiger partial charge < -0.3 is 25.2 Å². The molecule has 2 heterocycles. The molecule has 3 fully saturated rings. The molecule has 4 rings (SSSR count). The number of piperidine rings is 1. The summed E-state index contributed by atoms with van der Waals surface area (Å²) in [5.74, 6) is 0. The number of benzene rings is 1. The molecular weight excluding hydrogens is 392 g/mol. The maximum atomic E-state index is 12.9. The van der Waals surface area contributed by atoms with Crippen LogP contribution in [0.25, 0.3) is 0 Å². The number of carbonyl (C=O) groups is 2. The van der Waals surface area contributed by atoms with Gasteiger partial charge in [-0.3, -0.25) is 0 Å². The van der Waals surface area contributed by atoms with E-state index in [-0.39, 0.29) is 29.7 Å². The van der Waals surface area contributed by atoms with E-state index in [4.69, 9.17) is 4.74 Å². The van der Waals surface area contributed by atoms with E-state index in [2.05, 4.69) is 15.5 Å². The van der Waals surface area contributed by atoms with Crippen LogP contribution in [-0.2, 0) is 4.74 Å². The van der Waals surface area contributed by atoms with Gasteiger partial charge in [0.15, 0.2) is 0 Å². The van der Waals surface area contributed by atoms with Crippen molar-refractivity contribution < 1.29 is 14.3 Å². The van der Waals surface area contributed by atoms with Crippen LogP contribution in [0.4, 0.5) is 15.3 Å². The summed E-state index contributed by atoms with van der Waals surface area (Å²) in [4.78, 5) is 29.6. The molecule has 3 aliphatic rings. The number of aryl methyl sites for hydroxylation is 1. The van der Waals surface area contributed by atoms with E-state index < -0.39 is 0 Å². The van der Waals surface area contributed by atoms with Gasteiger partial charge in [0.25, 0.3) is 0 Å². The first-order chi connectivity index (χ1) is 14.8. The van der Waals surface area contributed by atoms with Gasteiger partial charge in [-0.05, 0) is 77.0 Å². The Balaban J connectivity index is 1.35. The largest absolute Gasteiger partial charge is 0.375 e. The molecule has 2 aliphatic heterocycles. The van der Waals surface area contributed by atoms with Crippen LogP contribution in [0, 0.1) is 6.92 Å². The normalized spacial score (nSPS) is 23.0. The average Bonchev–Trinajstić information content (AvgIpc) is 3.53. The van der Waals surface area contributed by atoms with Gasteiger partial charge in [-0.1, -0.05) is 12.1 Å². The van der Waals surface area contributed by atoms with E-state index >= 15 is 0 Å². The Morgan fingerprint density at radius 3 is 2.55 bits per heavy atom. The minimum Gasteiger partial charge on any atom is -0.375 e. The van der Waals surface area contributed by atoms with Gasteiger partial charge in [-0.25, -0.2) is 9.59 Å². The lowest BCUT2D eigenvalue weighted by Gasteiger charge is -2.48. The predicted molar refractivity (Wildman–Crippen MR) is 121 cm³/mol. The summed E-state index contributed by atoms with van der Waals surface area (Å²) in [6.45, 7) is 8.05. The molecule has 2 N–H and O–H groups in total. The van der Waals surface area contributed by atoms with Crippen LogP contribution in [0.5, 0.6) is 0 Å². The highest BCUT2D eigenvalue weighted by Crippen LogP contribution is 2.40. The molecule has 31 heavy (non-hydrogen) atoms. The van der Waals surface area contributed by atoms with Crippen LogP contribution in [-0.4, -0.2) is 65.3 Å². The Labute approximate surface area is 185 Å². The lowest BCUT2D eigenvalue weighted by Crippen LogP contribution is -2.57. The number of hydrogen-bond acceptors (Lipinski definition) is 3. The number of likely N-dealkylation sites (tertiary alicyclic amines) is 1. The van der Waals surface area contributed by atoms with Gasteiger partial charge in [0.05, 0.1) is 5.60 Å². The fraction of sp³-hybridized carbons (Fsp3) is 0.667. The fourth-order valence-electron chi connectivity index (χ4n) is 4.93. The van der Waals surface area contributed by atoms with Crippen LogP contribution in [0.15, 0.2) is 24.3 Å². The number of anilines is 1. The molecule has 1 unspecified atom stereocenters. The molecule has 1 aromatic carbocycles. The van der Waals surface area contributed by atoms with Crippen molar-refractivity contribution in [1.82, 2.24) is 15.1 Å². The molecule has 4 amide bonds. The Hall–Kier alpha value is -2.28. The topological polar surface area (TPSA) is 73.9 Å². The number of ether oxygens (including phenoxy) is 1. The molecule has 2 saturated heterocycles. The maximum Gasteiger partial charge on any atom is 0.321 e. The summed E-state index contributed by atoms with van der Waals surface area (Å²) in [6, 6.07) is 8.60. The second kappa shape index (κ2) is 9.07. The molecule has 0 aromatic heterocycles. The monoisotopic (exact) mass is 428 g/mol. The highest BCUT2D eigenvalue weighted by atomic mass is 16.5. The molecule has 1 aliphatic carbocycles. The molecule has 0 radical (unpaired) electrons. The van der Waals surface area contributed by atoms with Crippen molar-refractivity contribution in [3.8, 4) is 0 Å². The van der Waals surface area contributed by atoms with Crippen LogP contribution < -0.4 is 10.6 Å². The van der Waals surface area contributed by atoms with Gasteiger partial charge in [0.2, 0.25) is 0 Å². The minimum atomic E-state index is -0.228. The van der Waals surface area contributed by atoms with Crippen molar-refractivity contribution in [2.75, 3.05) is 25.0 Å². The lowest BCUT2D eigenvalue weighted by molar-refractivity contribution is -0.125. The number of urea groups is 2. The van der Waals surface area contributed by atoms with Crippen molar-refractivity contribution in [3.05, 3.63) is 29.8 Å². The van der Waals surface area contributed by atoms with Crippen molar-refractivity contribution in [3.63, 3.8) is 0 Å². The molecule has 7 nitrogen and oxygen atoms in total. The van der Waals surface area contributed by atoms with Crippen LogP contribution in [0.2, 0.25) is 0 Å². The molecule has 1 spiro atoms. The second-order valence-electron chi connectivity index (χ2n) is 9.71. The van der Waals surface area contributed by atoms with E-state index in [0.717, 1.165) is 49.8 Å². The molecule has 170 valence electrons. The Kier molecular flexibility index (Phi) is 6.42. The van der Waals surface area contributed by atoms with Gasteiger partial charge >= 0.3 is 12.1 Å². The van der Waals surface area contributed by atoms with Crippen LogP contribution >= 0.6 is 0 Å². The highest BCUT2D eigenvalue weighted by Gasteiger charge is 2.46. The number of nitrogens with one attached hydrogen (secondary N) is 2. The summed E-state index contributed by atoms with van der Waals surface area (Å²) < 4.78 is 6.29. The quantitative estimate of drug-likeness (QED) is 0.758. The van der Waals surface area contributed by atoms with Crippen LogP contribution in [0.3, 0.4) is 0 Å². The first-order valence-corrected chi connectivity index (χ1v) is 11.7. The van der Waals surface area contributed by atoms with Crippen molar-refractivity contribution in [2.24, 2.45) is 0 Å². The number of rotatable bonds is 4. The zero-order chi connectivity index (χ0) is 22.0. The summed E-state index contributed by atoms with van der Waals surface area (Å²) in [5.41, 5.74) is 1.73. The summed E-state index contributed by atoms with van der Waals surface area (Å²) in [7, 11) is 0. The van der Waals surface area contributed by atoms with E-state index in [1.807, 2.05) is 49.9 Å². The Morgan fingerprint density at radius 1 is 1.16 bits per heavy atom. The van der Waals surface area contributed by atoms with Gasteiger partial charge in [-0.15, -0.1) is 0 Å². The minimum absolute atomic E-state index is 0.0521. The van der Waals surface area contributed by atoms with E-state index in [0.29, 0.717) is 25.7 Å². The first-order valence-electron chi connectivity index (χ1n) is 11.7. The average molecular weight is 429 g/mol. The van der Waals surface area contributed by atoms with Gasteiger partial charge in [0.1, 0.15) is 0 Å². The van der Waals surface area contributed by atoms with Crippen molar-refractivity contribution in [2.45, 2.75) is 83.0 Å². The molecule has 1 atom stereocenters. The maximum absolute atomic E-state index is 12.9. The van der Waals surface area contributed by atoms with Gasteiger partial charge in [-0.2, -0.15) is 0 Å². The lowest BCUT2D eigenvalue weighted by atomic mass is 9.82.